The van der Waals surface area contributed by atoms with Gasteiger partial charge in [-0.05, 0) is 48.6 Å². The van der Waals surface area contributed by atoms with Crippen molar-refractivity contribution < 1.29 is 4.92 Å². The van der Waals surface area contributed by atoms with Crippen LogP contribution in [0.25, 0.3) is 0 Å². The van der Waals surface area contributed by atoms with Gasteiger partial charge in [0.15, 0.2) is 0 Å². The van der Waals surface area contributed by atoms with Crippen LogP contribution in [0.5, 0.6) is 0 Å². The maximum Gasteiger partial charge on any atom is 0.269 e. The number of piperazine rings is 1. The van der Waals surface area contributed by atoms with E-state index >= 15 is 0 Å². The van der Waals surface area contributed by atoms with Crippen molar-refractivity contribution in [2.75, 3.05) is 39.3 Å². The molecule has 0 bridgehead atoms. The fraction of sp³-hybridized carbons (Fsp3) is 0.409. The van der Waals surface area contributed by atoms with Crippen LogP contribution >= 0.6 is 0 Å². The summed E-state index contributed by atoms with van der Waals surface area (Å²) in [5.74, 6) is 0. The van der Waals surface area contributed by atoms with E-state index in [2.05, 4.69) is 28.9 Å². The van der Waals surface area contributed by atoms with Crippen molar-refractivity contribution in [1.29, 1.82) is 5.26 Å². The monoisotopic (exact) mass is 378 g/mol. The van der Waals surface area contributed by atoms with Gasteiger partial charge < -0.3 is 9.80 Å². The highest BCUT2D eigenvalue weighted by Gasteiger charge is 2.17. The van der Waals surface area contributed by atoms with Crippen LogP contribution in [-0.2, 0) is 12.8 Å². The van der Waals surface area contributed by atoms with E-state index in [0.717, 1.165) is 63.2 Å². The van der Waals surface area contributed by atoms with Crippen LogP contribution in [0.15, 0.2) is 42.5 Å². The van der Waals surface area contributed by atoms with E-state index in [4.69, 9.17) is 5.26 Å². The summed E-state index contributed by atoms with van der Waals surface area (Å²) in [5, 5.41) is 19.7. The van der Waals surface area contributed by atoms with Gasteiger partial charge in [0, 0.05) is 51.4 Å². The molecule has 6 heteroatoms. The van der Waals surface area contributed by atoms with Crippen molar-refractivity contribution in [3.63, 3.8) is 0 Å². The first-order valence-electron chi connectivity index (χ1n) is 9.73. The molecule has 146 valence electrons. The van der Waals surface area contributed by atoms with E-state index in [9.17, 15) is 10.1 Å². The fourth-order valence-corrected chi connectivity index (χ4v) is 3.63. The van der Waals surface area contributed by atoms with Crippen LogP contribution in [0.4, 0.5) is 5.69 Å². The Morgan fingerprint density at radius 1 is 1.00 bits per heavy atom. The molecule has 0 aliphatic carbocycles. The molecular weight excluding hydrogens is 352 g/mol. The Kier molecular flexibility index (Phi) is 6.75. The topological polar surface area (TPSA) is 73.4 Å². The van der Waals surface area contributed by atoms with Gasteiger partial charge >= 0.3 is 0 Å². The molecule has 3 rings (SSSR count). The molecule has 0 spiro atoms. The van der Waals surface area contributed by atoms with Gasteiger partial charge in [-0.15, -0.1) is 0 Å². The van der Waals surface area contributed by atoms with Crippen LogP contribution < -0.4 is 0 Å². The normalized spacial score (nSPS) is 15.3. The van der Waals surface area contributed by atoms with Gasteiger partial charge in [-0.1, -0.05) is 18.2 Å². The molecule has 0 radical (unpaired) electrons. The van der Waals surface area contributed by atoms with Crippen molar-refractivity contribution in [3.05, 3.63) is 74.8 Å². The summed E-state index contributed by atoms with van der Waals surface area (Å²) in [6, 6.07) is 15.0. The number of benzene rings is 2. The molecule has 2 aromatic carbocycles. The van der Waals surface area contributed by atoms with Crippen LogP contribution in [0, 0.1) is 28.4 Å². The minimum absolute atomic E-state index is 0.148. The third kappa shape index (κ3) is 5.38. The highest BCUT2D eigenvalue weighted by atomic mass is 16.6. The maximum atomic E-state index is 10.7. The number of nitrogens with zero attached hydrogens (tertiary/aromatic N) is 4. The number of nitriles is 1. The summed E-state index contributed by atoms with van der Waals surface area (Å²) < 4.78 is 0. The minimum Gasteiger partial charge on any atom is -0.300 e. The summed E-state index contributed by atoms with van der Waals surface area (Å²) >= 11 is 0. The Hall–Kier alpha value is -2.75. The maximum absolute atomic E-state index is 10.7. The molecule has 1 aliphatic heterocycles. The van der Waals surface area contributed by atoms with E-state index in [1.165, 1.54) is 11.1 Å². The van der Waals surface area contributed by atoms with Gasteiger partial charge in [-0.3, -0.25) is 10.1 Å². The zero-order valence-corrected chi connectivity index (χ0v) is 16.3. The van der Waals surface area contributed by atoms with Gasteiger partial charge in [-0.25, -0.2) is 0 Å². The molecule has 1 fully saturated rings. The third-order valence-corrected chi connectivity index (χ3v) is 5.50. The SMILES string of the molecule is Cc1cc(C#N)ccc1CCN1CCN(CCc2ccc([N+](=O)[O-])cc2)CC1. The van der Waals surface area contributed by atoms with Crippen molar-refractivity contribution in [2.24, 2.45) is 0 Å². The van der Waals surface area contributed by atoms with Crippen molar-refractivity contribution >= 4 is 5.69 Å². The van der Waals surface area contributed by atoms with Crippen LogP contribution in [-0.4, -0.2) is 54.0 Å². The molecule has 2 aromatic rings. The molecule has 0 aromatic heterocycles. The number of nitro groups is 1. The molecule has 1 saturated heterocycles. The second-order valence-corrected chi connectivity index (χ2v) is 7.36. The predicted octanol–water partition coefficient (Wildman–Crippen LogP) is 3.18. The smallest absolute Gasteiger partial charge is 0.269 e. The molecule has 6 nitrogen and oxygen atoms in total. The average molecular weight is 378 g/mol. The molecule has 0 saturated carbocycles. The molecule has 0 N–H and O–H groups in total. The molecule has 28 heavy (non-hydrogen) atoms. The van der Waals surface area contributed by atoms with Crippen molar-refractivity contribution in [3.8, 4) is 6.07 Å². The van der Waals surface area contributed by atoms with E-state index < -0.39 is 0 Å². The van der Waals surface area contributed by atoms with E-state index in [1.807, 2.05) is 24.3 Å². The van der Waals surface area contributed by atoms with Crippen LogP contribution in [0.3, 0.4) is 0 Å². The standard InChI is InChI=1S/C22H26N4O2/c1-18-16-20(17-23)2-5-21(18)9-11-25-14-12-24(13-15-25)10-8-19-3-6-22(7-4-19)26(27)28/h2-7,16H,8-15H2,1H3. The van der Waals surface area contributed by atoms with Gasteiger partial charge in [0.25, 0.3) is 5.69 Å². The lowest BCUT2D eigenvalue weighted by Gasteiger charge is -2.34. The Bertz CT molecular complexity index is 850. The average Bonchev–Trinajstić information content (AvgIpc) is 2.72. The zero-order valence-electron chi connectivity index (χ0n) is 16.3. The first kappa shape index (κ1) is 20.0. The van der Waals surface area contributed by atoms with Crippen LogP contribution in [0.2, 0.25) is 0 Å². The number of nitro benzene ring substituents is 1. The lowest BCUT2D eigenvalue weighted by atomic mass is 10.0. The first-order valence-corrected chi connectivity index (χ1v) is 9.73. The Morgan fingerprint density at radius 3 is 2.14 bits per heavy atom. The number of rotatable bonds is 7. The van der Waals surface area contributed by atoms with E-state index in [0.29, 0.717) is 0 Å². The second-order valence-electron chi connectivity index (χ2n) is 7.36. The highest BCUT2D eigenvalue weighted by Crippen LogP contribution is 2.14. The second kappa shape index (κ2) is 9.45. The molecule has 1 aliphatic rings. The highest BCUT2D eigenvalue weighted by molar-refractivity contribution is 5.37. The molecule has 0 atom stereocenters. The summed E-state index contributed by atoms with van der Waals surface area (Å²) in [6.07, 6.45) is 1.93. The largest absolute Gasteiger partial charge is 0.300 e. The molecule has 0 unspecified atom stereocenters. The van der Waals surface area contributed by atoms with Crippen molar-refractivity contribution in [2.45, 2.75) is 19.8 Å². The van der Waals surface area contributed by atoms with Gasteiger partial charge in [0.1, 0.15) is 0 Å². The number of hydrogen-bond acceptors (Lipinski definition) is 5. The summed E-state index contributed by atoms with van der Waals surface area (Å²) in [7, 11) is 0. The number of non-ortho nitro benzene ring substituents is 1. The minimum atomic E-state index is -0.359. The van der Waals surface area contributed by atoms with Gasteiger partial charge in [-0.2, -0.15) is 5.26 Å². The lowest BCUT2D eigenvalue weighted by Crippen LogP contribution is -2.47. The Balaban J connectivity index is 1.39. The van der Waals surface area contributed by atoms with E-state index in [-0.39, 0.29) is 10.6 Å². The first-order chi connectivity index (χ1) is 13.5. The van der Waals surface area contributed by atoms with Gasteiger partial charge in [0.05, 0.1) is 16.6 Å². The Morgan fingerprint density at radius 2 is 1.61 bits per heavy atom. The molecular formula is C22H26N4O2. The number of hydrogen-bond donors (Lipinski definition) is 0. The van der Waals surface area contributed by atoms with E-state index in [1.54, 1.807) is 12.1 Å². The predicted molar refractivity (Wildman–Crippen MR) is 109 cm³/mol. The third-order valence-electron chi connectivity index (χ3n) is 5.50. The van der Waals surface area contributed by atoms with Crippen molar-refractivity contribution in [1.82, 2.24) is 9.80 Å². The quantitative estimate of drug-likeness (QED) is 0.546. The molecule has 0 amide bonds. The summed E-state index contributed by atoms with van der Waals surface area (Å²) in [6.45, 7) is 8.35. The Labute approximate surface area is 166 Å². The summed E-state index contributed by atoms with van der Waals surface area (Å²) in [4.78, 5) is 15.3. The van der Waals surface area contributed by atoms with Crippen LogP contribution in [0.1, 0.15) is 22.3 Å². The van der Waals surface area contributed by atoms with Gasteiger partial charge in [0.2, 0.25) is 0 Å². The molecule has 1 heterocycles. The fourth-order valence-electron chi connectivity index (χ4n) is 3.63. The summed E-state index contributed by atoms with van der Waals surface area (Å²) in [5.41, 5.74) is 4.53. The lowest BCUT2D eigenvalue weighted by molar-refractivity contribution is -0.384. The number of aryl methyl sites for hydroxylation is 1. The zero-order chi connectivity index (χ0) is 19.9.